The Kier molecular flexibility index (Phi) is 4.12. The van der Waals surface area contributed by atoms with Crippen LogP contribution in [-0.4, -0.2) is 30.3 Å². The van der Waals surface area contributed by atoms with E-state index in [4.69, 9.17) is 0 Å². The first-order valence-corrected chi connectivity index (χ1v) is 6.65. The van der Waals surface area contributed by atoms with Crippen molar-refractivity contribution >= 4 is 5.78 Å². The zero-order valence-corrected chi connectivity index (χ0v) is 11.1. The van der Waals surface area contributed by atoms with Crippen LogP contribution < -0.4 is 0 Å². The molecule has 1 saturated heterocycles. The van der Waals surface area contributed by atoms with Crippen LogP contribution in [0.1, 0.15) is 48.5 Å². The smallest absolute Gasteiger partial charge is 0.162 e. The summed E-state index contributed by atoms with van der Waals surface area (Å²) in [5.41, 5.74) is 0.948. The van der Waals surface area contributed by atoms with E-state index in [0.717, 1.165) is 38.0 Å². The number of hydrogen-bond donors (Lipinski definition) is 0. The molecular formula is C15H20FNO. The molecular weight excluding hydrogens is 229 g/mol. The molecule has 0 aliphatic carbocycles. The van der Waals surface area contributed by atoms with Crippen LogP contribution in [-0.2, 0) is 0 Å². The molecule has 1 aliphatic rings. The number of halogens is 1. The Morgan fingerprint density at radius 2 is 2.06 bits per heavy atom. The Morgan fingerprint density at radius 1 is 1.39 bits per heavy atom. The molecule has 0 atom stereocenters. The van der Waals surface area contributed by atoms with Gasteiger partial charge in [-0.05, 0) is 56.9 Å². The molecule has 1 aromatic rings. The predicted octanol–water partition coefficient (Wildman–Crippen LogP) is 3.23. The maximum Gasteiger partial charge on any atom is 0.162 e. The van der Waals surface area contributed by atoms with Gasteiger partial charge in [-0.25, -0.2) is 4.39 Å². The highest BCUT2D eigenvalue weighted by Crippen LogP contribution is 2.30. The second-order valence-corrected chi connectivity index (χ2v) is 4.97. The second-order valence-electron chi connectivity index (χ2n) is 4.97. The van der Waals surface area contributed by atoms with E-state index in [0.29, 0.717) is 0 Å². The van der Waals surface area contributed by atoms with Gasteiger partial charge in [-0.1, -0.05) is 19.1 Å². The summed E-state index contributed by atoms with van der Waals surface area (Å²) in [6, 6.07) is 5.19. The molecule has 0 saturated carbocycles. The van der Waals surface area contributed by atoms with Gasteiger partial charge in [0.15, 0.2) is 5.78 Å². The summed E-state index contributed by atoms with van der Waals surface area (Å²) in [4.78, 5) is 13.7. The summed E-state index contributed by atoms with van der Waals surface area (Å²) in [5.74, 6) is -0.243. The minimum atomic E-state index is -0.306. The number of piperidine rings is 1. The highest BCUT2D eigenvalue weighted by atomic mass is 19.1. The Morgan fingerprint density at radius 3 is 2.61 bits per heavy atom. The van der Waals surface area contributed by atoms with Crippen LogP contribution in [0.4, 0.5) is 4.39 Å². The lowest BCUT2D eigenvalue weighted by Crippen LogP contribution is -2.32. The molecule has 98 valence electrons. The lowest BCUT2D eigenvalue weighted by atomic mass is 9.87. The number of carbonyl (C=O) groups excluding carboxylic acids is 1. The van der Waals surface area contributed by atoms with Crippen LogP contribution in [0, 0.1) is 5.82 Å². The summed E-state index contributed by atoms with van der Waals surface area (Å²) in [5, 5.41) is 0. The zero-order chi connectivity index (χ0) is 13.1. The average Bonchev–Trinajstić information content (AvgIpc) is 2.39. The maximum absolute atomic E-state index is 14.3. The number of rotatable bonds is 3. The molecule has 2 nitrogen and oxygen atoms in total. The van der Waals surface area contributed by atoms with Crippen LogP contribution in [0.25, 0.3) is 0 Å². The summed E-state index contributed by atoms with van der Waals surface area (Å²) in [7, 11) is 0. The zero-order valence-electron chi connectivity index (χ0n) is 11.1. The molecule has 1 fully saturated rings. The molecule has 0 bridgehead atoms. The number of likely N-dealkylation sites (tertiary alicyclic amines) is 1. The van der Waals surface area contributed by atoms with Crippen molar-refractivity contribution in [1.82, 2.24) is 4.90 Å². The molecule has 18 heavy (non-hydrogen) atoms. The summed E-state index contributed by atoms with van der Waals surface area (Å²) < 4.78 is 14.3. The first-order chi connectivity index (χ1) is 8.63. The van der Waals surface area contributed by atoms with Gasteiger partial charge >= 0.3 is 0 Å². The molecule has 0 radical (unpaired) electrons. The van der Waals surface area contributed by atoms with Gasteiger partial charge in [0.05, 0.1) is 5.56 Å². The van der Waals surface area contributed by atoms with Gasteiger partial charge < -0.3 is 4.90 Å². The normalized spacial score (nSPS) is 17.9. The molecule has 2 rings (SSSR count). The fourth-order valence-corrected chi connectivity index (χ4v) is 2.70. The van der Waals surface area contributed by atoms with E-state index >= 15 is 0 Å². The van der Waals surface area contributed by atoms with Crippen LogP contribution in [0.3, 0.4) is 0 Å². The van der Waals surface area contributed by atoms with Crippen molar-refractivity contribution in [3.05, 3.63) is 35.1 Å². The van der Waals surface area contributed by atoms with Crippen LogP contribution in [0.15, 0.2) is 18.2 Å². The Hall–Kier alpha value is -1.22. The van der Waals surface area contributed by atoms with E-state index in [1.165, 1.54) is 6.92 Å². The molecule has 0 unspecified atom stereocenters. The van der Waals surface area contributed by atoms with E-state index in [1.54, 1.807) is 12.1 Å². The first-order valence-electron chi connectivity index (χ1n) is 6.65. The monoisotopic (exact) mass is 249 g/mol. The van der Waals surface area contributed by atoms with E-state index in [2.05, 4.69) is 11.8 Å². The quantitative estimate of drug-likeness (QED) is 0.767. The number of ketones is 1. The highest BCUT2D eigenvalue weighted by Gasteiger charge is 2.23. The van der Waals surface area contributed by atoms with Crippen LogP contribution in [0.2, 0.25) is 0 Å². The Bertz CT molecular complexity index is 436. The van der Waals surface area contributed by atoms with Crippen molar-refractivity contribution in [2.75, 3.05) is 19.6 Å². The van der Waals surface area contributed by atoms with E-state index in [-0.39, 0.29) is 23.1 Å². The predicted molar refractivity (Wildman–Crippen MR) is 70.5 cm³/mol. The molecule has 0 spiro atoms. The van der Waals surface area contributed by atoms with Crippen molar-refractivity contribution < 1.29 is 9.18 Å². The number of Topliss-reactive ketones (excluding diaryl/α,β-unsaturated/α-hetero) is 1. The summed E-state index contributed by atoms with van der Waals surface area (Å²) >= 11 is 0. The number of hydrogen-bond acceptors (Lipinski definition) is 2. The number of benzene rings is 1. The third-order valence-corrected chi connectivity index (χ3v) is 3.88. The second kappa shape index (κ2) is 5.61. The standard InChI is InChI=1S/C15H20FNO/c1-3-17-9-7-12(8-10-17)14-6-4-5-13(11(2)18)15(14)16/h4-6,12H,3,7-10H2,1-2H3. The molecule has 3 heteroatoms. The van der Waals surface area contributed by atoms with Gasteiger partial charge in [-0.15, -0.1) is 0 Å². The molecule has 1 aromatic carbocycles. The number of nitrogens with zero attached hydrogens (tertiary/aromatic N) is 1. The first kappa shape index (κ1) is 13.2. The Balaban J connectivity index is 2.19. The molecule has 1 aliphatic heterocycles. The van der Waals surface area contributed by atoms with Crippen LogP contribution >= 0.6 is 0 Å². The van der Waals surface area contributed by atoms with Gasteiger partial charge in [0.2, 0.25) is 0 Å². The molecule has 0 N–H and O–H groups in total. The fraction of sp³-hybridized carbons (Fsp3) is 0.533. The summed E-state index contributed by atoms with van der Waals surface area (Å²) in [6.07, 6.45) is 1.96. The van der Waals surface area contributed by atoms with Crippen molar-refractivity contribution in [3.63, 3.8) is 0 Å². The van der Waals surface area contributed by atoms with E-state index < -0.39 is 0 Å². The lowest BCUT2D eigenvalue weighted by molar-refractivity contribution is 0.101. The summed E-state index contributed by atoms with van der Waals surface area (Å²) in [6.45, 7) is 6.66. The minimum Gasteiger partial charge on any atom is -0.304 e. The van der Waals surface area contributed by atoms with Crippen molar-refractivity contribution in [1.29, 1.82) is 0 Å². The highest BCUT2D eigenvalue weighted by molar-refractivity contribution is 5.94. The molecule has 0 amide bonds. The fourth-order valence-electron chi connectivity index (χ4n) is 2.70. The van der Waals surface area contributed by atoms with Crippen molar-refractivity contribution in [2.45, 2.75) is 32.6 Å². The van der Waals surface area contributed by atoms with E-state index in [1.807, 2.05) is 6.07 Å². The van der Waals surface area contributed by atoms with Gasteiger partial charge in [-0.2, -0.15) is 0 Å². The molecule has 0 aromatic heterocycles. The largest absolute Gasteiger partial charge is 0.304 e. The molecule has 1 heterocycles. The minimum absolute atomic E-state index is 0.194. The third-order valence-electron chi connectivity index (χ3n) is 3.88. The van der Waals surface area contributed by atoms with Gasteiger partial charge in [0.25, 0.3) is 0 Å². The Labute approximate surface area is 108 Å². The third kappa shape index (κ3) is 2.61. The van der Waals surface area contributed by atoms with E-state index in [9.17, 15) is 9.18 Å². The van der Waals surface area contributed by atoms with Crippen LogP contribution in [0.5, 0.6) is 0 Å². The average molecular weight is 249 g/mol. The number of carbonyl (C=O) groups is 1. The van der Waals surface area contributed by atoms with Gasteiger partial charge in [0, 0.05) is 0 Å². The topological polar surface area (TPSA) is 20.3 Å². The maximum atomic E-state index is 14.3. The lowest BCUT2D eigenvalue weighted by Gasteiger charge is -2.31. The van der Waals surface area contributed by atoms with Crippen molar-refractivity contribution in [3.8, 4) is 0 Å². The van der Waals surface area contributed by atoms with Crippen molar-refractivity contribution in [2.24, 2.45) is 0 Å². The van der Waals surface area contributed by atoms with Gasteiger partial charge in [0.1, 0.15) is 5.82 Å². The SMILES string of the molecule is CCN1CCC(c2cccc(C(C)=O)c2F)CC1. The van der Waals surface area contributed by atoms with Gasteiger partial charge in [-0.3, -0.25) is 4.79 Å².